The fourth-order valence-corrected chi connectivity index (χ4v) is 2.43. The van der Waals surface area contributed by atoms with E-state index in [1.165, 1.54) is 48.5 Å². The predicted molar refractivity (Wildman–Crippen MR) is 123 cm³/mol. The summed E-state index contributed by atoms with van der Waals surface area (Å²) in [5.74, 6) is -0.744. The van der Waals surface area contributed by atoms with E-state index in [0.29, 0.717) is 17.0 Å². The minimum atomic E-state index is -0.353. The number of carbonyl (C=O) groups is 1. The minimum absolute atomic E-state index is 0. The van der Waals surface area contributed by atoms with Crippen molar-refractivity contribution in [2.45, 2.75) is 13.8 Å². The van der Waals surface area contributed by atoms with Crippen molar-refractivity contribution in [2.24, 2.45) is 0 Å². The van der Waals surface area contributed by atoms with Crippen LogP contribution in [0.1, 0.15) is 32.9 Å². The normalized spacial score (nSPS) is 8.79. The summed E-state index contributed by atoms with van der Waals surface area (Å²) in [5.41, 5.74) is 3.12. The third-order valence-electron chi connectivity index (χ3n) is 4.12. The van der Waals surface area contributed by atoms with Crippen LogP contribution in [0.4, 0.5) is 8.78 Å². The number of hydrogen-bond acceptors (Lipinski definition) is 4. The summed E-state index contributed by atoms with van der Waals surface area (Å²) in [7, 11) is 0. The molecule has 168 valence electrons. The van der Waals surface area contributed by atoms with Crippen LogP contribution in [-0.4, -0.2) is 38.8 Å². The van der Waals surface area contributed by atoms with Crippen LogP contribution in [0.15, 0.2) is 85.2 Å². The summed E-state index contributed by atoms with van der Waals surface area (Å²) in [6.45, 7) is 3.69. The molecule has 0 saturated heterocycles. The van der Waals surface area contributed by atoms with Gasteiger partial charge in [-0.2, -0.15) is 23.5 Å². The van der Waals surface area contributed by atoms with Crippen molar-refractivity contribution < 1.29 is 30.6 Å². The summed E-state index contributed by atoms with van der Waals surface area (Å²) in [5, 5.41) is 8.41. The van der Waals surface area contributed by atoms with E-state index in [9.17, 15) is 13.6 Å². The van der Waals surface area contributed by atoms with Gasteiger partial charge in [0.2, 0.25) is 5.78 Å². The number of pyridine rings is 2. The number of rotatable bonds is 2. The Bertz CT molecular complexity index is 1200. The molecule has 0 fully saturated rings. The van der Waals surface area contributed by atoms with Gasteiger partial charge in [0.05, 0.1) is 0 Å². The van der Waals surface area contributed by atoms with Crippen LogP contribution in [0.2, 0.25) is 0 Å². The number of benzene rings is 2. The zero-order chi connectivity index (χ0) is 23.3. The van der Waals surface area contributed by atoms with Gasteiger partial charge in [0, 0.05) is 23.8 Å². The molecule has 0 N–H and O–H groups in total. The first-order chi connectivity index (χ1) is 15.4. The molecule has 0 radical (unpaired) electrons. The smallest absolute Gasteiger partial charge is 1.00 e. The third-order valence-corrected chi connectivity index (χ3v) is 4.12. The van der Waals surface area contributed by atoms with Crippen molar-refractivity contribution in [3.63, 3.8) is 0 Å². The van der Waals surface area contributed by atoms with Crippen LogP contribution in [0, 0.1) is 42.9 Å². The second-order valence-electron chi connectivity index (χ2n) is 6.50. The molecule has 4 rings (SSSR count). The molecule has 4 aromatic rings. The molecule has 0 bridgehead atoms. The molecular formula is C26H20BrF2MgN3O. The summed E-state index contributed by atoms with van der Waals surface area (Å²) in [4.78, 5) is 19.9. The number of nitrogens with zero attached hydrogens (tertiary/aromatic N) is 3. The molecule has 0 saturated carbocycles. The number of halogens is 3. The number of hydrogen-bond donors (Lipinski definition) is 0. The topological polar surface area (TPSA) is 66.6 Å². The molecule has 0 atom stereocenters. The number of carbonyl (C=O) groups excluding carboxylic acids is 1. The molecule has 0 unspecified atom stereocenters. The molecule has 2 heterocycles. The minimum Gasteiger partial charge on any atom is -1.00 e. The van der Waals surface area contributed by atoms with E-state index in [0.717, 1.165) is 11.1 Å². The van der Waals surface area contributed by atoms with Crippen LogP contribution < -0.4 is 17.0 Å². The number of nitriles is 1. The van der Waals surface area contributed by atoms with Crippen LogP contribution in [0.5, 0.6) is 0 Å². The second kappa shape index (κ2) is 16.6. The van der Waals surface area contributed by atoms with Gasteiger partial charge in [-0.3, -0.25) is 9.78 Å². The first kappa shape index (κ1) is 31.0. The van der Waals surface area contributed by atoms with Crippen LogP contribution in [0.3, 0.4) is 0 Å². The van der Waals surface area contributed by atoms with Gasteiger partial charge in [-0.1, -0.05) is 12.1 Å². The van der Waals surface area contributed by atoms with Crippen LogP contribution in [0.25, 0.3) is 0 Å². The Labute approximate surface area is 224 Å². The number of aryl methyl sites for hydroxylation is 2. The molecule has 0 spiro atoms. The monoisotopic (exact) mass is 531 g/mol. The fourth-order valence-electron chi connectivity index (χ4n) is 2.43. The Hall–Kier alpha value is -2.99. The quantitative estimate of drug-likeness (QED) is 0.226. The summed E-state index contributed by atoms with van der Waals surface area (Å²) in [6, 6.07) is 23.2. The molecule has 0 aliphatic rings. The molecule has 2 aromatic carbocycles. The van der Waals surface area contributed by atoms with Gasteiger partial charge in [0.1, 0.15) is 23.3 Å². The van der Waals surface area contributed by atoms with Crippen molar-refractivity contribution in [3.05, 3.63) is 131 Å². The van der Waals surface area contributed by atoms with Gasteiger partial charge in [0.15, 0.2) is 0 Å². The van der Waals surface area contributed by atoms with Gasteiger partial charge in [-0.25, -0.2) is 13.8 Å². The second-order valence-corrected chi connectivity index (χ2v) is 6.50. The Morgan fingerprint density at radius 1 is 0.853 bits per heavy atom. The van der Waals surface area contributed by atoms with E-state index in [1.807, 2.05) is 38.1 Å². The fraction of sp³-hybridized carbons (Fsp3) is 0.0769. The van der Waals surface area contributed by atoms with Crippen molar-refractivity contribution in [2.75, 3.05) is 0 Å². The average Bonchev–Trinajstić information content (AvgIpc) is 2.81. The Morgan fingerprint density at radius 3 is 1.82 bits per heavy atom. The van der Waals surface area contributed by atoms with E-state index >= 15 is 0 Å². The number of aromatic nitrogens is 2. The maximum absolute atomic E-state index is 12.7. The zero-order valence-corrected chi connectivity index (χ0v) is 21.7. The van der Waals surface area contributed by atoms with Gasteiger partial charge in [0.25, 0.3) is 0 Å². The van der Waals surface area contributed by atoms with Crippen molar-refractivity contribution in [1.82, 2.24) is 9.97 Å². The molecule has 34 heavy (non-hydrogen) atoms. The maximum Gasteiger partial charge on any atom is 2.00 e. The molecule has 0 aliphatic heterocycles. The van der Waals surface area contributed by atoms with E-state index in [4.69, 9.17) is 5.26 Å². The molecule has 0 aliphatic carbocycles. The SMILES string of the molecule is Cc1cccnc1C#N.Cc1cccnc1C(=O)c1ccc(F)cc1.Fc1cc[c-]cc1.[Br-].[Mg+2]. The van der Waals surface area contributed by atoms with Crippen molar-refractivity contribution >= 4 is 28.8 Å². The molecule has 2 aromatic heterocycles. The standard InChI is InChI=1S/C13H10FNO.C7H6N2.C6H4F.BrH.Mg/c1-9-3-2-8-15-12(9)13(16)10-4-6-11(14)7-5-10;1-6-3-2-4-9-7(6)5-8;7-6-4-2-1-3-5-6;;/h2-8H,1H3;2-4H,1H3;2-5H;1H;/q;;-1;;+2/p-1. The van der Waals surface area contributed by atoms with Crippen LogP contribution in [-0.2, 0) is 0 Å². The molecule has 8 heteroatoms. The van der Waals surface area contributed by atoms with Gasteiger partial charge in [-0.05, 0) is 61.4 Å². The van der Waals surface area contributed by atoms with E-state index in [2.05, 4.69) is 16.0 Å². The van der Waals surface area contributed by atoms with Gasteiger partial charge in [-0.15, -0.1) is 12.1 Å². The van der Waals surface area contributed by atoms with E-state index in [1.54, 1.807) is 18.5 Å². The average molecular weight is 533 g/mol. The number of ketones is 1. The summed E-state index contributed by atoms with van der Waals surface area (Å²) >= 11 is 0. The van der Waals surface area contributed by atoms with E-state index < -0.39 is 0 Å². The van der Waals surface area contributed by atoms with E-state index in [-0.39, 0.29) is 57.5 Å². The maximum atomic E-state index is 12.7. The first-order valence-electron chi connectivity index (χ1n) is 9.57. The molecular weight excluding hydrogens is 513 g/mol. The van der Waals surface area contributed by atoms with Gasteiger partial charge < -0.3 is 17.0 Å². The van der Waals surface area contributed by atoms with Crippen LogP contribution >= 0.6 is 0 Å². The van der Waals surface area contributed by atoms with Crippen molar-refractivity contribution in [3.8, 4) is 6.07 Å². The Morgan fingerprint density at radius 2 is 1.38 bits per heavy atom. The first-order valence-corrected chi connectivity index (χ1v) is 9.57. The predicted octanol–water partition coefficient (Wildman–Crippen LogP) is 2.27. The third kappa shape index (κ3) is 10.3. The molecule has 4 nitrogen and oxygen atoms in total. The molecule has 0 amide bonds. The zero-order valence-electron chi connectivity index (χ0n) is 18.7. The summed E-state index contributed by atoms with van der Waals surface area (Å²) < 4.78 is 24.6. The van der Waals surface area contributed by atoms with Crippen molar-refractivity contribution in [1.29, 1.82) is 5.26 Å². The van der Waals surface area contributed by atoms with Gasteiger partial charge >= 0.3 is 23.1 Å². The Balaban J connectivity index is 0.000000516. The largest absolute Gasteiger partial charge is 2.00 e. The Kier molecular flexibility index (Phi) is 15.1. The summed E-state index contributed by atoms with van der Waals surface area (Å²) in [6.07, 6.45) is 3.19.